The van der Waals surface area contributed by atoms with E-state index in [0.717, 1.165) is 6.42 Å². The summed E-state index contributed by atoms with van der Waals surface area (Å²) in [5, 5.41) is 10.6. The Bertz CT molecular complexity index is 689. The molecule has 116 valence electrons. The second kappa shape index (κ2) is 5.28. The Morgan fingerprint density at radius 1 is 1.33 bits per heavy atom. The van der Waals surface area contributed by atoms with Gasteiger partial charge in [-0.3, -0.25) is 10.1 Å². The van der Waals surface area contributed by atoms with E-state index >= 15 is 0 Å². The molecule has 0 aliphatic heterocycles. The normalized spacial score (nSPS) is 17.3. The van der Waals surface area contributed by atoms with E-state index in [2.05, 4.69) is 4.72 Å². The maximum Gasteiger partial charge on any atom is 0.306 e. The predicted molar refractivity (Wildman–Crippen MR) is 69.0 cm³/mol. The molecule has 1 fully saturated rings. The summed E-state index contributed by atoms with van der Waals surface area (Å²) in [4.78, 5) is 8.50. The highest BCUT2D eigenvalue weighted by molar-refractivity contribution is 7.89. The molecule has 0 atom stereocenters. The molecule has 2 rings (SSSR count). The Labute approximate surface area is 119 Å². The number of hydrogen-bond donors (Lipinski definition) is 2. The number of nitro groups is 1. The van der Waals surface area contributed by atoms with Gasteiger partial charge in [0.05, 0.1) is 4.92 Å². The molecule has 10 heteroatoms. The van der Waals surface area contributed by atoms with Gasteiger partial charge in [-0.25, -0.2) is 17.5 Å². The summed E-state index contributed by atoms with van der Waals surface area (Å²) in [6, 6.07) is 0.533. The number of benzene rings is 1. The van der Waals surface area contributed by atoms with Crippen LogP contribution in [0.4, 0.5) is 14.5 Å². The maximum absolute atomic E-state index is 13.6. The average molecular weight is 321 g/mol. The molecule has 0 bridgehead atoms. The Hall–Kier alpha value is -1.65. The molecule has 1 aromatic rings. The molecular formula is C11H13F2N3O4S. The van der Waals surface area contributed by atoms with E-state index < -0.39 is 42.7 Å². The van der Waals surface area contributed by atoms with Crippen LogP contribution in [0.2, 0.25) is 0 Å². The summed E-state index contributed by atoms with van der Waals surface area (Å²) in [5.74, 6) is -2.84. The van der Waals surface area contributed by atoms with Crippen molar-refractivity contribution < 1.29 is 22.1 Å². The van der Waals surface area contributed by atoms with Crippen LogP contribution >= 0.6 is 0 Å². The first-order valence-electron chi connectivity index (χ1n) is 6.07. The van der Waals surface area contributed by atoms with E-state index in [4.69, 9.17) is 5.73 Å². The summed E-state index contributed by atoms with van der Waals surface area (Å²) in [6.07, 6.45) is 2.12. The summed E-state index contributed by atoms with van der Waals surface area (Å²) in [7, 11) is -4.35. The lowest BCUT2D eigenvalue weighted by Gasteiger charge is -2.37. The zero-order chi connectivity index (χ0) is 15.8. The zero-order valence-electron chi connectivity index (χ0n) is 10.8. The highest BCUT2D eigenvalue weighted by Crippen LogP contribution is 2.29. The van der Waals surface area contributed by atoms with Gasteiger partial charge >= 0.3 is 5.69 Å². The van der Waals surface area contributed by atoms with Gasteiger partial charge in [-0.05, 0) is 19.3 Å². The van der Waals surface area contributed by atoms with Gasteiger partial charge in [0.15, 0.2) is 0 Å². The quantitative estimate of drug-likeness (QED) is 0.621. The van der Waals surface area contributed by atoms with Crippen molar-refractivity contribution in [1.82, 2.24) is 4.72 Å². The van der Waals surface area contributed by atoms with Crippen molar-refractivity contribution in [3.8, 4) is 0 Å². The molecule has 0 heterocycles. The van der Waals surface area contributed by atoms with Crippen molar-refractivity contribution in [3.05, 3.63) is 33.9 Å². The minimum Gasteiger partial charge on any atom is -0.324 e. The second-order valence-corrected chi connectivity index (χ2v) is 6.77. The lowest BCUT2D eigenvalue weighted by atomic mass is 9.78. The molecule has 0 saturated heterocycles. The molecule has 7 nitrogen and oxygen atoms in total. The van der Waals surface area contributed by atoms with Crippen LogP contribution in [0.5, 0.6) is 0 Å². The smallest absolute Gasteiger partial charge is 0.306 e. The number of rotatable bonds is 5. The number of halogens is 2. The fourth-order valence-corrected chi connectivity index (χ4v) is 3.20. The van der Waals surface area contributed by atoms with Gasteiger partial charge in [-0.2, -0.15) is 4.39 Å². The molecular weight excluding hydrogens is 308 g/mol. The molecule has 0 spiro atoms. The Morgan fingerprint density at radius 3 is 2.43 bits per heavy atom. The number of hydrogen-bond acceptors (Lipinski definition) is 5. The first-order chi connectivity index (χ1) is 9.65. The molecule has 1 saturated carbocycles. The Kier molecular flexibility index (Phi) is 3.95. The third kappa shape index (κ3) is 3.17. The van der Waals surface area contributed by atoms with Crippen molar-refractivity contribution in [1.29, 1.82) is 0 Å². The Morgan fingerprint density at radius 2 is 1.95 bits per heavy atom. The largest absolute Gasteiger partial charge is 0.324 e. The number of nitro benzene ring substituents is 1. The van der Waals surface area contributed by atoms with Crippen LogP contribution in [0.1, 0.15) is 19.3 Å². The van der Waals surface area contributed by atoms with Crippen molar-refractivity contribution in [3.63, 3.8) is 0 Å². The van der Waals surface area contributed by atoms with Gasteiger partial charge in [0, 0.05) is 24.2 Å². The fourth-order valence-electron chi connectivity index (χ4n) is 1.99. The van der Waals surface area contributed by atoms with E-state index in [9.17, 15) is 27.3 Å². The molecule has 21 heavy (non-hydrogen) atoms. The zero-order valence-corrected chi connectivity index (χ0v) is 11.6. The van der Waals surface area contributed by atoms with Crippen molar-refractivity contribution in [2.75, 3.05) is 6.54 Å². The van der Waals surface area contributed by atoms with Gasteiger partial charge in [0.2, 0.25) is 15.8 Å². The molecule has 0 radical (unpaired) electrons. The van der Waals surface area contributed by atoms with Crippen LogP contribution in [-0.4, -0.2) is 25.4 Å². The number of nitrogens with one attached hydrogen (secondary N) is 1. The van der Waals surface area contributed by atoms with Crippen LogP contribution in [-0.2, 0) is 10.0 Å². The number of sulfonamides is 1. The molecule has 3 N–H and O–H groups in total. The first kappa shape index (κ1) is 15.7. The standard InChI is InChI=1S/C11H13F2N3O4S/c12-7-4-8(13)10(5-9(7)16(17)18)21(19,20)15-6-11(14)2-1-3-11/h4-5,15H,1-3,6,14H2. The third-order valence-corrected chi connectivity index (χ3v) is 4.87. The van der Waals surface area contributed by atoms with E-state index in [0.29, 0.717) is 18.9 Å². The maximum atomic E-state index is 13.6. The van der Waals surface area contributed by atoms with E-state index in [1.807, 2.05) is 0 Å². The molecule has 1 aliphatic rings. The van der Waals surface area contributed by atoms with Crippen LogP contribution in [0.15, 0.2) is 17.0 Å². The summed E-state index contributed by atoms with van der Waals surface area (Å²) in [6.45, 7) is -0.111. The number of nitrogens with zero attached hydrogens (tertiary/aromatic N) is 1. The highest BCUT2D eigenvalue weighted by atomic mass is 32.2. The molecule has 0 unspecified atom stereocenters. The minimum absolute atomic E-state index is 0.111. The third-order valence-electron chi connectivity index (χ3n) is 3.45. The molecule has 0 amide bonds. The lowest BCUT2D eigenvalue weighted by Crippen LogP contribution is -2.54. The SMILES string of the molecule is NC1(CNS(=O)(=O)c2cc([N+](=O)[O-])c(F)cc2F)CCC1. The van der Waals surface area contributed by atoms with Crippen molar-refractivity contribution >= 4 is 15.7 Å². The highest BCUT2D eigenvalue weighted by Gasteiger charge is 2.35. The first-order valence-corrected chi connectivity index (χ1v) is 7.55. The monoisotopic (exact) mass is 321 g/mol. The summed E-state index contributed by atoms with van der Waals surface area (Å²) < 4.78 is 52.8. The lowest BCUT2D eigenvalue weighted by molar-refractivity contribution is -0.387. The van der Waals surface area contributed by atoms with Crippen molar-refractivity contribution in [2.24, 2.45) is 5.73 Å². The van der Waals surface area contributed by atoms with Gasteiger partial charge in [0.25, 0.3) is 0 Å². The Balaban J connectivity index is 2.30. The summed E-state index contributed by atoms with van der Waals surface area (Å²) in [5.41, 5.74) is 4.05. The second-order valence-electron chi connectivity index (χ2n) is 5.03. The van der Waals surface area contributed by atoms with Crippen LogP contribution < -0.4 is 10.5 Å². The van der Waals surface area contributed by atoms with E-state index in [-0.39, 0.29) is 12.6 Å². The average Bonchev–Trinajstić information content (AvgIpc) is 2.33. The van der Waals surface area contributed by atoms with Crippen LogP contribution in [0.3, 0.4) is 0 Å². The van der Waals surface area contributed by atoms with Gasteiger partial charge in [-0.1, -0.05) is 0 Å². The minimum atomic E-state index is -4.35. The summed E-state index contributed by atoms with van der Waals surface area (Å²) >= 11 is 0. The number of nitrogens with two attached hydrogens (primary N) is 1. The van der Waals surface area contributed by atoms with Gasteiger partial charge < -0.3 is 5.73 Å². The molecule has 1 aliphatic carbocycles. The van der Waals surface area contributed by atoms with Crippen LogP contribution in [0, 0.1) is 21.7 Å². The van der Waals surface area contributed by atoms with Gasteiger partial charge in [-0.15, -0.1) is 0 Å². The van der Waals surface area contributed by atoms with Crippen molar-refractivity contribution in [2.45, 2.75) is 29.7 Å². The predicted octanol–water partition coefficient (Wildman–Crippen LogP) is 1.03. The van der Waals surface area contributed by atoms with E-state index in [1.54, 1.807) is 0 Å². The molecule has 1 aromatic carbocycles. The fraction of sp³-hybridized carbons (Fsp3) is 0.455. The van der Waals surface area contributed by atoms with E-state index in [1.165, 1.54) is 0 Å². The topological polar surface area (TPSA) is 115 Å². The molecule has 0 aromatic heterocycles. The van der Waals surface area contributed by atoms with Crippen LogP contribution in [0.25, 0.3) is 0 Å². The van der Waals surface area contributed by atoms with Gasteiger partial charge in [0.1, 0.15) is 10.7 Å².